The van der Waals surface area contributed by atoms with Crippen LogP contribution in [0.1, 0.15) is 11.1 Å². The fourth-order valence-corrected chi connectivity index (χ4v) is 1.35. The molecule has 13 heavy (non-hydrogen) atoms. The zero-order chi connectivity index (χ0) is 9.26. The third-order valence-corrected chi connectivity index (χ3v) is 1.97. The van der Waals surface area contributed by atoms with Crippen LogP contribution in [0.3, 0.4) is 0 Å². The first kappa shape index (κ1) is 7.39. The van der Waals surface area contributed by atoms with E-state index in [0.717, 1.165) is 10.9 Å². The maximum absolute atomic E-state index is 8.85. The Morgan fingerprint density at radius 1 is 1.08 bits per heavy atom. The third-order valence-electron chi connectivity index (χ3n) is 1.97. The van der Waals surface area contributed by atoms with Crippen LogP contribution >= 0.6 is 0 Å². The van der Waals surface area contributed by atoms with Gasteiger partial charge in [0, 0.05) is 17.1 Å². The number of H-pyrrole nitrogens is 1. The lowest BCUT2D eigenvalue weighted by molar-refractivity contribution is 1.44. The van der Waals surface area contributed by atoms with Crippen molar-refractivity contribution in [3.05, 3.63) is 35.5 Å². The first-order chi connectivity index (χ1) is 6.36. The van der Waals surface area contributed by atoms with E-state index in [2.05, 4.69) is 4.98 Å². The molecule has 0 amide bonds. The molecule has 1 aromatic carbocycles. The molecule has 0 aliphatic carbocycles. The molecular weight excluding hydrogens is 162 g/mol. The van der Waals surface area contributed by atoms with Crippen LogP contribution in [0.25, 0.3) is 10.9 Å². The van der Waals surface area contributed by atoms with Crippen LogP contribution < -0.4 is 0 Å². The lowest BCUT2D eigenvalue weighted by Crippen LogP contribution is -1.83. The van der Waals surface area contributed by atoms with Crippen LogP contribution in [0.4, 0.5) is 0 Å². The van der Waals surface area contributed by atoms with E-state index in [0.29, 0.717) is 11.1 Å². The maximum Gasteiger partial charge on any atom is 0.101 e. The molecule has 0 saturated carbocycles. The monoisotopic (exact) mass is 167 g/mol. The molecule has 1 aromatic heterocycles. The lowest BCUT2D eigenvalue weighted by atomic mass is 10.1. The van der Waals surface area contributed by atoms with E-state index in [4.69, 9.17) is 10.5 Å². The van der Waals surface area contributed by atoms with Crippen molar-refractivity contribution in [3.63, 3.8) is 0 Å². The van der Waals surface area contributed by atoms with Crippen LogP contribution in [0.2, 0.25) is 0 Å². The Morgan fingerprint density at radius 2 is 1.92 bits per heavy atom. The van der Waals surface area contributed by atoms with Gasteiger partial charge in [0.05, 0.1) is 11.1 Å². The van der Waals surface area contributed by atoms with Gasteiger partial charge in [-0.25, -0.2) is 0 Å². The topological polar surface area (TPSA) is 63.4 Å². The van der Waals surface area contributed by atoms with Crippen molar-refractivity contribution in [2.75, 3.05) is 0 Å². The van der Waals surface area contributed by atoms with E-state index < -0.39 is 0 Å². The van der Waals surface area contributed by atoms with Crippen molar-refractivity contribution in [3.8, 4) is 12.1 Å². The van der Waals surface area contributed by atoms with Gasteiger partial charge in [-0.05, 0) is 18.2 Å². The Labute approximate surface area is 74.8 Å². The molecule has 0 aliphatic heterocycles. The number of hydrogen-bond donors (Lipinski definition) is 1. The average molecular weight is 167 g/mol. The molecule has 0 atom stereocenters. The second-order valence-electron chi connectivity index (χ2n) is 2.65. The number of aromatic nitrogens is 1. The molecule has 0 fully saturated rings. The predicted octanol–water partition coefficient (Wildman–Crippen LogP) is 1.91. The molecule has 0 spiro atoms. The molecule has 3 heteroatoms. The van der Waals surface area contributed by atoms with E-state index in [9.17, 15) is 0 Å². The lowest BCUT2D eigenvalue weighted by Gasteiger charge is -1.95. The van der Waals surface area contributed by atoms with Crippen molar-refractivity contribution in [1.29, 1.82) is 10.5 Å². The number of aromatic amines is 1. The summed E-state index contributed by atoms with van der Waals surface area (Å²) in [5.41, 5.74) is 1.76. The molecule has 0 radical (unpaired) electrons. The molecule has 2 aromatic rings. The summed E-state index contributed by atoms with van der Waals surface area (Å²) in [6.45, 7) is 0. The fraction of sp³-hybridized carbons (Fsp3) is 0. The van der Waals surface area contributed by atoms with Crippen LogP contribution in [-0.2, 0) is 0 Å². The predicted molar refractivity (Wildman–Crippen MR) is 47.7 cm³/mol. The minimum atomic E-state index is 0.426. The van der Waals surface area contributed by atoms with E-state index in [1.807, 2.05) is 12.1 Å². The maximum atomic E-state index is 8.85. The number of benzene rings is 1. The largest absolute Gasteiger partial charge is 0.361 e. The van der Waals surface area contributed by atoms with Crippen LogP contribution in [-0.4, -0.2) is 4.98 Å². The zero-order valence-corrected chi connectivity index (χ0v) is 6.70. The summed E-state index contributed by atoms with van der Waals surface area (Å²) in [5, 5.41) is 18.4. The van der Waals surface area contributed by atoms with E-state index in [-0.39, 0.29) is 0 Å². The standard InChI is InChI=1S/C10H5N3/c11-5-7-1-2-10-8(3-4-13-10)9(7)6-12/h1-4,13H. The quantitative estimate of drug-likeness (QED) is 0.651. The smallest absolute Gasteiger partial charge is 0.101 e. The summed E-state index contributed by atoms with van der Waals surface area (Å²) in [5.74, 6) is 0. The summed E-state index contributed by atoms with van der Waals surface area (Å²) in [4.78, 5) is 2.99. The highest BCUT2D eigenvalue weighted by Crippen LogP contribution is 2.19. The summed E-state index contributed by atoms with van der Waals surface area (Å²) >= 11 is 0. The van der Waals surface area contributed by atoms with Gasteiger partial charge in [0.25, 0.3) is 0 Å². The van der Waals surface area contributed by atoms with Gasteiger partial charge in [0.2, 0.25) is 0 Å². The molecule has 0 unspecified atom stereocenters. The number of nitriles is 2. The first-order valence-electron chi connectivity index (χ1n) is 3.77. The third kappa shape index (κ3) is 0.953. The molecule has 60 valence electrons. The van der Waals surface area contributed by atoms with Crippen molar-refractivity contribution in [1.82, 2.24) is 4.98 Å². The van der Waals surface area contributed by atoms with Crippen molar-refractivity contribution in [2.45, 2.75) is 0 Å². The van der Waals surface area contributed by atoms with Crippen molar-refractivity contribution >= 4 is 10.9 Å². The number of fused-ring (bicyclic) bond motifs is 1. The van der Waals surface area contributed by atoms with Crippen LogP contribution in [0.5, 0.6) is 0 Å². The van der Waals surface area contributed by atoms with Gasteiger partial charge in [0.1, 0.15) is 12.1 Å². The molecule has 1 N–H and O–H groups in total. The second kappa shape index (κ2) is 2.66. The highest BCUT2D eigenvalue weighted by Gasteiger charge is 2.06. The Kier molecular flexibility index (Phi) is 1.51. The Bertz CT molecular complexity index is 537. The molecule has 0 aliphatic rings. The summed E-state index contributed by atoms with van der Waals surface area (Å²) in [6, 6.07) is 9.28. The van der Waals surface area contributed by atoms with E-state index in [1.165, 1.54) is 0 Å². The molecule has 0 saturated heterocycles. The van der Waals surface area contributed by atoms with Gasteiger partial charge in [0.15, 0.2) is 0 Å². The number of nitrogens with zero attached hydrogens (tertiary/aromatic N) is 2. The Morgan fingerprint density at radius 3 is 2.62 bits per heavy atom. The van der Waals surface area contributed by atoms with Gasteiger partial charge in [-0.2, -0.15) is 10.5 Å². The molecule has 0 bridgehead atoms. The van der Waals surface area contributed by atoms with Gasteiger partial charge >= 0.3 is 0 Å². The summed E-state index contributed by atoms with van der Waals surface area (Å²) < 4.78 is 0. The van der Waals surface area contributed by atoms with Gasteiger partial charge in [-0.1, -0.05) is 0 Å². The average Bonchev–Trinajstić information content (AvgIpc) is 2.63. The van der Waals surface area contributed by atoms with Gasteiger partial charge in [-0.15, -0.1) is 0 Å². The Balaban J connectivity index is 2.94. The summed E-state index contributed by atoms with van der Waals surface area (Å²) in [6.07, 6.45) is 1.76. The minimum absolute atomic E-state index is 0.426. The summed E-state index contributed by atoms with van der Waals surface area (Å²) in [7, 11) is 0. The number of rotatable bonds is 0. The highest BCUT2D eigenvalue weighted by molar-refractivity contribution is 5.87. The second-order valence-corrected chi connectivity index (χ2v) is 2.65. The molecular formula is C10H5N3. The van der Waals surface area contributed by atoms with Crippen LogP contribution in [0.15, 0.2) is 24.4 Å². The zero-order valence-electron chi connectivity index (χ0n) is 6.70. The van der Waals surface area contributed by atoms with E-state index in [1.54, 1.807) is 24.4 Å². The molecule has 3 nitrogen and oxygen atoms in total. The van der Waals surface area contributed by atoms with Gasteiger partial charge in [-0.3, -0.25) is 0 Å². The Hall–Kier alpha value is -2.26. The number of nitrogens with one attached hydrogen (secondary N) is 1. The molecule has 1 heterocycles. The van der Waals surface area contributed by atoms with Crippen molar-refractivity contribution < 1.29 is 0 Å². The van der Waals surface area contributed by atoms with Gasteiger partial charge < -0.3 is 4.98 Å². The highest BCUT2D eigenvalue weighted by atomic mass is 14.7. The fourth-order valence-electron chi connectivity index (χ4n) is 1.35. The van der Waals surface area contributed by atoms with E-state index >= 15 is 0 Å². The first-order valence-corrected chi connectivity index (χ1v) is 3.77. The number of hydrogen-bond acceptors (Lipinski definition) is 2. The normalized spacial score (nSPS) is 9.38. The van der Waals surface area contributed by atoms with Crippen molar-refractivity contribution in [2.24, 2.45) is 0 Å². The van der Waals surface area contributed by atoms with Crippen LogP contribution in [0, 0.1) is 22.7 Å². The SMILES string of the molecule is N#Cc1ccc2[nH]ccc2c1C#N. The minimum Gasteiger partial charge on any atom is -0.361 e. The molecule has 2 rings (SSSR count).